The first-order valence-corrected chi connectivity index (χ1v) is 5.93. The van der Waals surface area contributed by atoms with Gasteiger partial charge in [-0.25, -0.2) is 4.79 Å². The van der Waals surface area contributed by atoms with Gasteiger partial charge in [-0.15, -0.1) is 5.06 Å². The Balaban J connectivity index is 1.84. The maximum absolute atomic E-state index is 11.5. The van der Waals surface area contributed by atoms with Crippen LogP contribution in [0.3, 0.4) is 0 Å². The second-order valence-electron chi connectivity index (χ2n) is 4.07. The molecule has 1 aliphatic rings. The minimum atomic E-state index is -0.735. The van der Waals surface area contributed by atoms with Crippen molar-refractivity contribution < 1.29 is 14.4 Å². The highest BCUT2D eigenvalue weighted by Crippen LogP contribution is 2.14. The molecule has 1 heterocycles. The Labute approximate surface area is 105 Å². The zero-order valence-corrected chi connectivity index (χ0v) is 9.96. The van der Waals surface area contributed by atoms with Crippen molar-refractivity contribution in [3.05, 3.63) is 29.8 Å². The molecule has 0 spiro atoms. The molecule has 0 unspecified atom stereocenters. The number of nitriles is 1. The first-order chi connectivity index (χ1) is 8.78. The number of benzene rings is 1. The molecule has 0 atom stereocenters. The predicted octanol–water partition coefficient (Wildman–Crippen LogP) is 2.47. The van der Waals surface area contributed by atoms with E-state index in [0.29, 0.717) is 11.3 Å². The first kappa shape index (κ1) is 12.4. The summed E-state index contributed by atoms with van der Waals surface area (Å²) in [7, 11) is 0. The Bertz CT molecular complexity index is 444. The highest BCUT2D eigenvalue weighted by Gasteiger charge is 2.16. The van der Waals surface area contributed by atoms with Gasteiger partial charge in [-0.05, 0) is 37.1 Å². The van der Waals surface area contributed by atoms with Crippen molar-refractivity contribution in [1.29, 1.82) is 5.26 Å². The Morgan fingerprint density at radius 2 is 1.83 bits per heavy atom. The Morgan fingerprint density at radius 3 is 2.44 bits per heavy atom. The van der Waals surface area contributed by atoms with Crippen LogP contribution in [0.15, 0.2) is 24.3 Å². The van der Waals surface area contributed by atoms with E-state index >= 15 is 0 Å². The molecule has 18 heavy (non-hydrogen) atoms. The van der Waals surface area contributed by atoms with Crippen molar-refractivity contribution in [2.45, 2.75) is 19.3 Å². The summed E-state index contributed by atoms with van der Waals surface area (Å²) in [5.41, 5.74) is 0.520. The van der Waals surface area contributed by atoms with Crippen LogP contribution in [0.5, 0.6) is 5.75 Å². The van der Waals surface area contributed by atoms with Gasteiger partial charge in [0.15, 0.2) is 0 Å². The van der Waals surface area contributed by atoms with Gasteiger partial charge in [0.05, 0.1) is 11.6 Å². The van der Waals surface area contributed by atoms with Gasteiger partial charge in [0.2, 0.25) is 0 Å². The lowest BCUT2D eigenvalue weighted by atomic mass is 10.2. The number of hydroxylamine groups is 2. The maximum Gasteiger partial charge on any atom is 0.533 e. The standard InChI is InChI=1S/C13H14N2O3/c14-10-11-4-6-12(7-5-11)17-13(16)18-15-8-2-1-3-9-15/h4-7H,1-3,8-9H2. The van der Waals surface area contributed by atoms with Crippen molar-refractivity contribution in [3.8, 4) is 11.8 Å². The van der Waals surface area contributed by atoms with Crippen molar-refractivity contribution in [1.82, 2.24) is 5.06 Å². The van der Waals surface area contributed by atoms with Crippen molar-refractivity contribution in [2.24, 2.45) is 0 Å². The van der Waals surface area contributed by atoms with Gasteiger partial charge >= 0.3 is 6.16 Å². The first-order valence-electron chi connectivity index (χ1n) is 5.93. The summed E-state index contributed by atoms with van der Waals surface area (Å²) in [6.45, 7) is 1.50. The van der Waals surface area contributed by atoms with E-state index < -0.39 is 6.16 Å². The molecule has 0 amide bonds. The number of nitrogens with zero attached hydrogens (tertiary/aromatic N) is 2. The second kappa shape index (κ2) is 6.03. The molecular weight excluding hydrogens is 232 g/mol. The molecule has 0 bridgehead atoms. The van der Waals surface area contributed by atoms with Crippen LogP contribution < -0.4 is 4.74 Å². The lowest BCUT2D eigenvalue weighted by molar-refractivity contribution is -0.126. The quantitative estimate of drug-likeness (QED) is 0.592. The largest absolute Gasteiger partial charge is 0.533 e. The Kier molecular flexibility index (Phi) is 4.15. The molecular formula is C13H14N2O3. The molecule has 5 nitrogen and oxygen atoms in total. The molecule has 94 valence electrons. The second-order valence-corrected chi connectivity index (χ2v) is 4.07. The molecule has 0 saturated carbocycles. The van der Waals surface area contributed by atoms with Crippen LogP contribution in [0.2, 0.25) is 0 Å². The molecule has 0 radical (unpaired) electrons. The SMILES string of the molecule is N#Cc1ccc(OC(=O)ON2CCCCC2)cc1. The third-order valence-corrected chi connectivity index (χ3v) is 2.70. The fourth-order valence-electron chi connectivity index (χ4n) is 1.77. The number of piperidine rings is 1. The smallest absolute Gasteiger partial charge is 0.394 e. The van der Waals surface area contributed by atoms with Gasteiger partial charge in [0.1, 0.15) is 5.75 Å². The predicted molar refractivity (Wildman–Crippen MR) is 63.7 cm³/mol. The normalized spacial score (nSPS) is 15.7. The molecule has 0 aromatic heterocycles. The number of carbonyl (C=O) groups is 1. The molecule has 1 aliphatic heterocycles. The summed E-state index contributed by atoms with van der Waals surface area (Å²) in [5.74, 6) is 0.371. The minimum Gasteiger partial charge on any atom is -0.394 e. The summed E-state index contributed by atoms with van der Waals surface area (Å²) in [4.78, 5) is 16.5. The lowest BCUT2D eigenvalue weighted by Crippen LogP contribution is -2.33. The van der Waals surface area contributed by atoms with E-state index in [1.54, 1.807) is 29.3 Å². The van der Waals surface area contributed by atoms with E-state index in [0.717, 1.165) is 25.9 Å². The highest BCUT2D eigenvalue weighted by molar-refractivity contribution is 5.63. The number of ether oxygens (including phenoxy) is 1. The van der Waals surface area contributed by atoms with Gasteiger partial charge < -0.3 is 9.57 Å². The lowest BCUT2D eigenvalue weighted by Gasteiger charge is -2.24. The number of hydrogen-bond acceptors (Lipinski definition) is 5. The van der Waals surface area contributed by atoms with Crippen molar-refractivity contribution >= 4 is 6.16 Å². The van der Waals surface area contributed by atoms with E-state index in [1.165, 1.54) is 6.42 Å². The van der Waals surface area contributed by atoms with E-state index in [2.05, 4.69) is 0 Å². The Morgan fingerprint density at radius 1 is 1.17 bits per heavy atom. The van der Waals surface area contributed by atoms with Crippen LogP contribution in [0, 0.1) is 11.3 Å². The molecule has 1 fully saturated rings. The summed E-state index contributed by atoms with van der Waals surface area (Å²) in [6.07, 6.45) is 2.50. The zero-order chi connectivity index (χ0) is 12.8. The highest BCUT2D eigenvalue weighted by atomic mass is 16.8. The molecule has 0 aliphatic carbocycles. The van der Waals surface area contributed by atoms with E-state index in [-0.39, 0.29) is 0 Å². The fourth-order valence-corrected chi connectivity index (χ4v) is 1.77. The van der Waals surface area contributed by atoms with Gasteiger partial charge in [0.25, 0.3) is 0 Å². The average molecular weight is 246 g/mol. The van der Waals surface area contributed by atoms with Crippen LogP contribution in [0.1, 0.15) is 24.8 Å². The topological polar surface area (TPSA) is 62.6 Å². The average Bonchev–Trinajstić information content (AvgIpc) is 2.40. The van der Waals surface area contributed by atoms with Crippen molar-refractivity contribution in [2.75, 3.05) is 13.1 Å². The molecule has 1 aromatic rings. The molecule has 1 aromatic carbocycles. The molecule has 5 heteroatoms. The summed E-state index contributed by atoms with van der Waals surface area (Å²) < 4.78 is 5.00. The van der Waals surface area contributed by atoms with E-state index in [4.69, 9.17) is 14.8 Å². The van der Waals surface area contributed by atoms with Crippen LogP contribution in [-0.2, 0) is 4.84 Å². The molecule has 0 N–H and O–H groups in total. The fraction of sp³-hybridized carbons (Fsp3) is 0.385. The van der Waals surface area contributed by atoms with Gasteiger partial charge in [0, 0.05) is 13.1 Å². The van der Waals surface area contributed by atoms with Crippen LogP contribution in [0.4, 0.5) is 4.79 Å². The van der Waals surface area contributed by atoms with Crippen LogP contribution in [0.25, 0.3) is 0 Å². The number of rotatable bonds is 2. The number of carbonyl (C=O) groups excluding carboxylic acids is 1. The van der Waals surface area contributed by atoms with Crippen LogP contribution in [-0.4, -0.2) is 24.3 Å². The van der Waals surface area contributed by atoms with Gasteiger partial charge in [-0.1, -0.05) is 6.42 Å². The summed E-state index contributed by atoms with van der Waals surface area (Å²) >= 11 is 0. The number of hydrogen-bond donors (Lipinski definition) is 0. The maximum atomic E-state index is 11.5. The van der Waals surface area contributed by atoms with Crippen molar-refractivity contribution in [3.63, 3.8) is 0 Å². The molecule has 1 saturated heterocycles. The van der Waals surface area contributed by atoms with Crippen LogP contribution >= 0.6 is 0 Å². The van der Waals surface area contributed by atoms with Gasteiger partial charge in [-0.2, -0.15) is 5.26 Å². The zero-order valence-electron chi connectivity index (χ0n) is 9.96. The summed E-state index contributed by atoms with van der Waals surface area (Å²) in [6, 6.07) is 8.30. The summed E-state index contributed by atoms with van der Waals surface area (Å²) in [5, 5.41) is 10.3. The van der Waals surface area contributed by atoms with Gasteiger partial charge in [-0.3, -0.25) is 0 Å². The van der Waals surface area contributed by atoms with E-state index in [1.807, 2.05) is 6.07 Å². The molecule has 2 rings (SSSR count). The third kappa shape index (κ3) is 3.47. The Hall–Kier alpha value is -2.06. The third-order valence-electron chi connectivity index (χ3n) is 2.70. The minimum absolute atomic E-state index is 0.371. The van der Waals surface area contributed by atoms with E-state index in [9.17, 15) is 4.79 Å². The monoisotopic (exact) mass is 246 g/mol.